The molecule has 4 rings (SSSR count). The van der Waals surface area contributed by atoms with E-state index in [1.54, 1.807) is 12.0 Å². The smallest absolute Gasteiger partial charge is 0.237 e. The number of pyridine rings is 1. The lowest BCUT2D eigenvalue weighted by Crippen LogP contribution is -2.47. The number of carbonyl (C=O) groups excluding carboxylic acids is 1. The van der Waals surface area contributed by atoms with Crippen molar-refractivity contribution in [3.8, 4) is 11.8 Å². The van der Waals surface area contributed by atoms with Crippen molar-refractivity contribution in [2.75, 3.05) is 33.3 Å². The summed E-state index contributed by atoms with van der Waals surface area (Å²) in [6.07, 6.45) is 5.69. The molecule has 1 amide bonds. The van der Waals surface area contributed by atoms with Crippen LogP contribution in [0.15, 0.2) is 30.5 Å². The quantitative estimate of drug-likeness (QED) is 0.791. The van der Waals surface area contributed by atoms with Crippen LogP contribution in [0.3, 0.4) is 0 Å². The maximum absolute atomic E-state index is 12.5. The molecule has 1 aromatic heterocycles. The molecule has 0 spiro atoms. The van der Waals surface area contributed by atoms with Crippen LogP contribution in [0, 0.1) is 11.3 Å². The van der Waals surface area contributed by atoms with Crippen molar-refractivity contribution in [3.63, 3.8) is 0 Å². The zero-order valence-electron chi connectivity index (χ0n) is 17.5. The molecule has 158 valence electrons. The van der Waals surface area contributed by atoms with Crippen molar-refractivity contribution in [2.45, 2.75) is 44.3 Å². The minimum Gasteiger partial charge on any atom is -0.496 e. The summed E-state index contributed by atoms with van der Waals surface area (Å²) in [5, 5.41) is 13.9. The molecule has 0 radical (unpaired) electrons. The standard InChI is InChI=1S/C23H29N5O2/c1-30-22-6-2-5-21-20(22)12-17(15-26-21)14-25-18-7-10-27(11-8-18)16-23(29)28-9-3-4-19(28)13-24/h2,5-6,12,15,18-19,25H,3-4,7-11,14,16H2,1H3/t19-/m0/s1. The number of hydrogen-bond acceptors (Lipinski definition) is 6. The van der Waals surface area contributed by atoms with E-state index in [1.165, 1.54) is 0 Å². The summed E-state index contributed by atoms with van der Waals surface area (Å²) >= 11 is 0. The molecular weight excluding hydrogens is 378 g/mol. The van der Waals surface area contributed by atoms with Gasteiger partial charge in [0.2, 0.25) is 5.91 Å². The summed E-state index contributed by atoms with van der Waals surface area (Å²) in [4.78, 5) is 21.1. The zero-order chi connectivity index (χ0) is 20.9. The largest absolute Gasteiger partial charge is 0.496 e. The van der Waals surface area contributed by atoms with Crippen LogP contribution in [0.5, 0.6) is 5.75 Å². The molecule has 1 atom stereocenters. The lowest BCUT2D eigenvalue weighted by atomic mass is 10.0. The van der Waals surface area contributed by atoms with Crippen LogP contribution >= 0.6 is 0 Å². The van der Waals surface area contributed by atoms with Gasteiger partial charge in [-0.05, 0) is 49.4 Å². The number of nitriles is 1. The Morgan fingerprint density at radius 1 is 1.30 bits per heavy atom. The Bertz CT molecular complexity index is 933. The highest BCUT2D eigenvalue weighted by atomic mass is 16.5. The predicted molar refractivity (Wildman–Crippen MR) is 115 cm³/mol. The second-order valence-electron chi connectivity index (χ2n) is 8.18. The first kappa shape index (κ1) is 20.6. The SMILES string of the molecule is COc1cccc2ncc(CNC3CCN(CC(=O)N4CCC[C@H]4C#N)CC3)cc12. The van der Waals surface area contributed by atoms with E-state index in [-0.39, 0.29) is 11.9 Å². The average molecular weight is 408 g/mol. The number of fused-ring (bicyclic) bond motifs is 1. The number of methoxy groups -OCH3 is 1. The molecule has 7 heteroatoms. The van der Waals surface area contributed by atoms with Gasteiger partial charge >= 0.3 is 0 Å². The number of rotatable bonds is 6. The van der Waals surface area contributed by atoms with Gasteiger partial charge in [-0.2, -0.15) is 5.26 Å². The van der Waals surface area contributed by atoms with Gasteiger partial charge in [0.15, 0.2) is 0 Å². The van der Waals surface area contributed by atoms with E-state index in [2.05, 4.69) is 27.3 Å². The van der Waals surface area contributed by atoms with Crippen molar-refractivity contribution in [1.29, 1.82) is 5.26 Å². The fraction of sp³-hybridized carbons (Fsp3) is 0.522. The van der Waals surface area contributed by atoms with Crippen molar-refractivity contribution in [2.24, 2.45) is 0 Å². The lowest BCUT2D eigenvalue weighted by Gasteiger charge is -2.33. The maximum Gasteiger partial charge on any atom is 0.237 e. The van der Waals surface area contributed by atoms with Crippen molar-refractivity contribution < 1.29 is 9.53 Å². The maximum atomic E-state index is 12.5. The summed E-state index contributed by atoms with van der Waals surface area (Å²) in [7, 11) is 1.68. The van der Waals surface area contributed by atoms with E-state index in [1.807, 2.05) is 24.4 Å². The molecular formula is C23H29N5O2. The van der Waals surface area contributed by atoms with Gasteiger partial charge in [-0.25, -0.2) is 0 Å². The van der Waals surface area contributed by atoms with Crippen LogP contribution in [0.1, 0.15) is 31.2 Å². The summed E-state index contributed by atoms with van der Waals surface area (Å²) < 4.78 is 5.46. The number of benzene rings is 1. The summed E-state index contributed by atoms with van der Waals surface area (Å²) in [6.45, 7) is 3.72. The van der Waals surface area contributed by atoms with Crippen LogP contribution in [-0.4, -0.2) is 66.1 Å². The molecule has 1 N–H and O–H groups in total. The third-order valence-corrected chi connectivity index (χ3v) is 6.23. The van der Waals surface area contributed by atoms with Crippen LogP contribution < -0.4 is 10.1 Å². The van der Waals surface area contributed by atoms with Crippen molar-refractivity contribution in [3.05, 3.63) is 36.0 Å². The van der Waals surface area contributed by atoms with Crippen molar-refractivity contribution in [1.82, 2.24) is 20.1 Å². The van der Waals surface area contributed by atoms with Gasteiger partial charge in [-0.3, -0.25) is 14.7 Å². The first-order valence-corrected chi connectivity index (χ1v) is 10.7. The predicted octanol–water partition coefficient (Wildman–Crippen LogP) is 2.31. The molecule has 2 aliphatic heterocycles. The van der Waals surface area contributed by atoms with E-state index in [9.17, 15) is 10.1 Å². The average Bonchev–Trinajstić information content (AvgIpc) is 3.27. The lowest BCUT2D eigenvalue weighted by molar-refractivity contribution is -0.132. The molecule has 3 heterocycles. The van der Waals surface area contributed by atoms with Crippen molar-refractivity contribution >= 4 is 16.8 Å². The highest BCUT2D eigenvalue weighted by Crippen LogP contribution is 2.25. The van der Waals surface area contributed by atoms with E-state index in [4.69, 9.17) is 4.74 Å². The number of piperidine rings is 1. The highest BCUT2D eigenvalue weighted by Gasteiger charge is 2.30. The minimum absolute atomic E-state index is 0.0987. The van der Waals surface area contributed by atoms with E-state index < -0.39 is 0 Å². The third-order valence-electron chi connectivity index (χ3n) is 6.23. The first-order valence-electron chi connectivity index (χ1n) is 10.7. The van der Waals surface area contributed by atoms with Gasteiger partial charge in [-0.15, -0.1) is 0 Å². The molecule has 0 unspecified atom stereocenters. The third kappa shape index (κ3) is 4.55. The number of aromatic nitrogens is 1. The Kier molecular flexibility index (Phi) is 6.46. The molecule has 2 saturated heterocycles. The van der Waals surface area contributed by atoms with Gasteiger partial charge in [0.1, 0.15) is 11.8 Å². The Labute approximate surface area is 177 Å². The number of ether oxygens (including phenoxy) is 1. The minimum atomic E-state index is -0.231. The van der Waals surface area contributed by atoms with E-state index in [0.29, 0.717) is 12.6 Å². The van der Waals surface area contributed by atoms with Crippen LogP contribution in [-0.2, 0) is 11.3 Å². The molecule has 0 saturated carbocycles. The van der Waals surface area contributed by atoms with Crippen LogP contribution in [0.2, 0.25) is 0 Å². The van der Waals surface area contributed by atoms with Gasteiger partial charge in [-0.1, -0.05) is 6.07 Å². The highest BCUT2D eigenvalue weighted by molar-refractivity contribution is 5.85. The number of hydrogen-bond donors (Lipinski definition) is 1. The molecule has 1 aromatic carbocycles. The molecule has 2 aliphatic rings. The van der Waals surface area contributed by atoms with E-state index >= 15 is 0 Å². The zero-order valence-corrected chi connectivity index (χ0v) is 17.5. The Hall–Kier alpha value is -2.69. The Morgan fingerprint density at radius 3 is 2.90 bits per heavy atom. The second-order valence-corrected chi connectivity index (χ2v) is 8.18. The summed E-state index contributed by atoms with van der Waals surface area (Å²) in [5.74, 6) is 0.943. The van der Waals surface area contributed by atoms with Gasteiger partial charge < -0.3 is 15.0 Å². The van der Waals surface area contributed by atoms with Gasteiger partial charge in [0, 0.05) is 43.8 Å². The van der Waals surface area contributed by atoms with Crippen LogP contribution in [0.4, 0.5) is 0 Å². The van der Waals surface area contributed by atoms with Gasteiger partial charge in [0.05, 0.1) is 25.2 Å². The Balaban J connectivity index is 1.26. The Morgan fingerprint density at radius 2 is 2.13 bits per heavy atom. The number of likely N-dealkylation sites (tertiary alicyclic amines) is 2. The molecule has 2 fully saturated rings. The summed E-state index contributed by atoms with van der Waals surface area (Å²) in [5.41, 5.74) is 2.08. The molecule has 2 aromatic rings. The molecule has 0 bridgehead atoms. The number of nitrogens with one attached hydrogen (secondary N) is 1. The number of amides is 1. The summed E-state index contributed by atoms with van der Waals surface area (Å²) in [6, 6.07) is 10.5. The first-order chi connectivity index (χ1) is 14.7. The van der Waals surface area contributed by atoms with E-state index in [0.717, 1.165) is 74.1 Å². The van der Waals surface area contributed by atoms with Crippen LogP contribution in [0.25, 0.3) is 10.9 Å². The molecule has 30 heavy (non-hydrogen) atoms. The molecule has 7 nitrogen and oxygen atoms in total. The molecule has 0 aliphatic carbocycles. The number of nitrogens with zero attached hydrogens (tertiary/aromatic N) is 4. The fourth-order valence-electron chi connectivity index (χ4n) is 4.48. The topological polar surface area (TPSA) is 81.5 Å². The van der Waals surface area contributed by atoms with Gasteiger partial charge in [0.25, 0.3) is 0 Å². The number of carbonyl (C=O) groups is 1. The fourth-order valence-corrected chi connectivity index (χ4v) is 4.48. The normalized spacial score (nSPS) is 20.4. The monoisotopic (exact) mass is 407 g/mol. The second kappa shape index (κ2) is 9.41.